The number of nitrogens with zero attached hydrogens (tertiary/aromatic N) is 1. The predicted octanol–water partition coefficient (Wildman–Crippen LogP) is 2.75. The third-order valence-electron chi connectivity index (χ3n) is 3.36. The SMILES string of the molecule is O=C1O[C@@H](c2ccccc2)[C@H](O)CN1c1ccccc1. The Labute approximate surface area is 117 Å². The number of aliphatic hydroxyl groups is 1. The molecule has 1 aliphatic rings. The lowest BCUT2D eigenvalue weighted by molar-refractivity contribution is -0.0111. The van der Waals surface area contributed by atoms with E-state index in [1.807, 2.05) is 60.7 Å². The molecule has 4 nitrogen and oxygen atoms in total. The van der Waals surface area contributed by atoms with Crippen LogP contribution >= 0.6 is 0 Å². The summed E-state index contributed by atoms with van der Waals surface area (Å²) in [6, 6.07) is 18.5. The highest BCUT2D eigenvalue weighted by molar-refractivity contribution is 5.88. The van der Waals surface area contributed by atoms with Crippen LogP contribution in [-0.2, 0) is 4.74 Å². The van der Waals surface area contributed by atoms with E-state index in [1.165, 1.54) is 4.90 Å². The lowest BCUT2D eigenvalue weighted by Gasteiger charge is -2.35. The Balaban J connectivity index is 1.82. The molecule has 0 saturated carbocycles. The van der Waals surface area contributed by atoms with E-state index < -0.39 is 18.3 Å². The van der Waals surface area contributed by atoms with E-state index in [0.717, 1.165) is 11.3 Å². The molecule has 1 amide bonds. The summed E-state index contributed by atoms with van der Waals surface area (Å²) in [5, 5.41) is 10.3. The van der Waals surface area contributed by atoms with Gasteiger partial charge in [0.1, 0.15) is 6.10 Å². The number of benzene rings is 2. The molecule has 0 aliphatic carbocycles. The molecule has 1 N–H and O–H groups in total. The van der Waals surface area contributed by atoms with Crippen molar-refractivity contribution in [1.82, 2.24) is 0 Å². The predicted molar refractivity (Wildman–Crippen MR) is 75.5 cm³/mol. The van der Waals surface area contributed by atoms with Gasteiger partial charge in [0.05, 0.1) is 6.54 Å². The van der Waals surface area contributed by atoms with Crippen molar-refractivity contribution in [1.29, 1.82) is 0 Å². The molecule has 4 heteroatoms. The normalized spacial score (nSPS) is 22.4. The lowest BCUT2D eigenvalue weighted by Crippen LogP contribution is -2.47. The summed E-state index contributed by atoms with van der Waals surface area (Å²) < 4.78 is 5.39. The van der Waals surface area contributed by atoms with E-state index >= 15 is 0 Å². The number of ether oxygens (including phenoxy) is 1. The van der Waals surface area contributed by atoms with Crippen LogP contribution in [0.15, 0.2) is 60.7 Å². The average Bonchev–Trinajstić information content (AvgIpc) is 2.51. The Morgan fingerprint density at radius 3 is 2.25 bits per heavy atom. The number of amides is 1. The highest BCUT2D eigenvalue weighted by Crippen LogP contribution is 2.29. The van der Waals surface area contributed by atoms with Crippen molar-refractivity contribution < 1.29 is 14.6 Å². The van der Waals surface area contributed by atoms with Gasteiger partial charge >= 0.3 is 6.09 Å². The van der Waals surface area contributed by atoms with E-state index in [0.29, 0.717) is 0 Å². The molecular formula is C16H15NO3. The van der Waals surface area contributed by atoms with Crippen molar-refractivity contribution in [3.05, 3.63) is 66.2 Å². The molecule has 1 saturated heterocycles. The largest absolute Gasteiger partial charge is 0.438 e. The first-order chi connectivity index (χ1) is 9.75. The van der Waals surface area contributed by atoms with E-state index in [4.69, 9.17) is 4.74 Å². The maximum absolute atomic E-state index is 12.1. The van der Waals surface area contributed by atoms with Crippen LogP contribution in [0.5, 0.6) is 0 Å². The number of anilines is 1. The number of β-amino-alcohol motifs (C(OH)–C–C–N with tert-alkyl or cyclic N) is 1. The summed E-state index contributed by atoms with van der Waals surface area (Å²) in [5.74, 6) is 0. The van der Waals surface area contributed by atoms with Crippen molar-refractivity contribution >= 4 is 11.8 Å². The van der Waals surface area contributed by atoms with Crippen LogP contribution in [0, 0.1) is 0 Å². The van der Waals surface area contributed by atoms with Crippen molar-refractivity contribution in [2.75, 3.05) is 11.4 Å². The number of rotatable bonds is 2. The number of carbonyl (C=O) groups is 1. The minimum Gasteiger partial charge on any atom is -0.438 e. The molecule has 3 rings (SSSR count). The molecule has 0 spiro atoms. The van der Waals surface area contributed by atoms with Gasteiger partial charge < -0.3 is 9.84 Å². The quantitative estimate of drug-likeness (QED) is 0.912. The third kappa shape index (κ3) is 2.38. The maximum atomic E-state index is 12.1. The van der Waals surface area contributed by atoms with Crippen LogP contribution in [0.4, 0.5) is 10.5 Å². The molecule has 0 unspecified atom stereocenters. The van der Waals surface area contributed by atoms with E-state index in [2.05, 4.69) is 0 Å². The van der Waals surface area contributed by atoms with Gasteiger partial charge in [-0.1, -0.05) is 48.5 Å². The molecule has 1 fully saturated rings. The fourth-order valence-corrected chi connectivity index (χ4v) is 2.36. The summed E-state index contributed by atoms with van der Waals surface area (Å²) in [4.78, 5) is 13.6. The average molecular weight is 269 g/mol. The third-order valence-corrected chi connectivity index (χ3v) is 3.36. The number of aliphatic hydroxyl groups excluding tert-OH is 1. The number of hydrogen-bond donors (Lipinski definition) is 1. The van der Waals surface area contributed by atoms with Crippen molar-refractivity contribution in [2.24, 2.45) is 0 Å². The van der Waals surface area contributed by atoms with Crippen molar-refractivity contribution in [3.63, 3.8) is 0 Å². The molecule has 2 aromatic rings. The molecule has 0 radical (unpaired) electrons. The van der Waals surface area contributed by atoms with Crippen LogP contribution in [0.1, 0.15) is 11.7 Å². The van der Waals surface area contributed by atoms with Gasteiger partial charge in [-0.15, -0.1) is 0 Å². The number of cyclic esters (lactones) is 1. The number of para-hydroxylation sites is 1. The fourth-order valence-electron chi connectivity index (χ4n) is 2.36. The van der Waals surface area contributed by atoms with E-state index in [1.54, 1.807) is 0 Å². The Morgan fingerprint density at radius 1 is 1.00 bits per heavy atom. The summed E-state index contributed by atoms with van der Waals surface area (Å²) >= 11 is 0. The first-order valence-electron chi connectivity index (χ1n) is 6.52. The first-order valence-corrected chi connectivity index (χ1v) is 6.52. The van der Waals surface area contributed by atoms with Crippen molar-refractivity contribution in [2.45, 2.75) is 12.2 Å². The fraction of sp³-hybridized carbons (Fsp3) is 0.188. The Kier molecular flexibility index (Phi) is 3.39. The van der Waals surface area contributed by atoms with Crippen LogP contribution < -0.4 is 4.90 Å². The van der Waals surface area contributed by atoms with Gasteiger partial charge in [-0.25, -0.2) is 4.79 Å². The molecule has 0 bridgehead atoms. The highest BCUT2D eigenvalue weighted by Gasteiger charge is 2.36. The summed E-state index contributed by atoms with van der Waals surface area (Å²) in [6.07, 6.45) is -1.80. The van der Waals surface area contributed by atoms with Gasteiger partial charge in [0.2, 0.25) is 0 Å². The van der Waals surface area contributed by atoms with Crippen LogP contribution in [0.2, 0.25) is 0 Å². The highest BCUT2D eigenvalue weighted by atomic mass is 16.6. The maximum Gasteiger partial charge on any atom is 0.415 e. The molecule has 1 heterocycles. The molecule has 102 valence electrons. The summed E-state index contributed by atoms with van der Waals surface area (Å²) in [6.45, 7) is 0.225. The smallest absolute Gasteiger partial charge is 0.415 e. The van der Waals surface area contributed by atoms with Gasteiger partial charge in [-0.05, 0) is 17.7 Å². The van der Waals surface area contributed by atoms with Gasteiger partial charge in [0.25, 0.3) is 0 Å². The molecule has 2 aromatic carbocycles. The second-order valence-corrected chi connectivity index (χ2v) is 4.73. The summed E-state index contributed by atoms with van der Waals surface area (Å²) in [7, 11) is 0. The Hall–Kier alpha value is -2.33. The zero-order valence-corrected chi connectivity index (χ0v) is 10.8. The minimum atomic E-state index is -0.754. The second kappa shape index (κ2) is 5.35. The van der Waals surface area contributed by atoms with Gasteiger partial charge in [0, 0.05) is 5.69 Å². The van der Waals surface area contributed by atoms with Crippen LogP contribution in [-0.4, -0.2) is 23.8 Å². The van der Waals surface area contributed by atoms with Gasteiger partial charge in [-0.3, -0.25) is 4.90 Å². The van der Waals surface area contributed by atoms with Crippen LogP contribution in [0.25, 0.3) is 0 Å². The first kappa shape index (κ1) is 12.7. The van der Waals surface area contributed by atoms with Crippen molar-refractivity contribution in [3.8, 4) is 0 Å². The molecule has 0 aromatic heterocycles. The minimum absolute atomic E-state index is 0.225. The monoisotopic (exact) mass is 269 g/mol. The van der Waals surface area contributed by atoms with Gasteiger partial charge in [0.15, 0.2) is 6.10 Å². The van der Waals surface area contributed by atoms with Gasteiger partial charge in [-0.2, -0.15) is 0 Å². The summed E-state index contributed by atoms with van der Waals surface area (Å²) in [5.41, 5.74) is 1.53. The Morgan fingerprint density at radius 2 is 1.60 bits per heavy atom. The molecular weight excluding hydrogens is 254 g/mol. The zero-order chi connectivity index (χ0) is 13.9. The zero-order valence-electron chi connectivity index (χ0n) is 10.8. The van der Waals surface area contributed by atoms with E-state index in [-0.39, 0.29) is 6.54 Å². The Bertz CT molecular complexity index is 585. The molecule has 1 aliphatic heterocycles. The number of carbonyl (C=O) groups excluding carboxylic acids is 1. The molecule has 2 atom stereocenters. The second-order valence-electron chi connectivity index (χ2n) is 4.73. The topological polar surface area (TPSA) is 49.8 Å². The lowest BCUT2D eigenvalue weighted by atomic mass is 10.0. The number of hydrogen-bond acceptors (Lipinski definition) is 3. The molecule has 20 heavy (non-hydrogen) atoms. The van der Waals surface area contributed by atoms with Crippen LogP contribution in [0.3, 0.4) is 0 Å². The standard InChI is InChI=1S/C16H15NO3/c18-14-11-17(13-9-5-2-6-10-13)16(19)20-15(14)12-7-3-1-4-8-12/h1-10,14-15,18H,11H2/t14-,15+/m1/s1. The van der Waals surface area contributed by atoms with E-state index in [9.17, 15) is 9.90 Å².